The Labute approximate surface area is 192 Å². The molecule has 2 aromatic carbocycles. The van der Waals surface area contributed by atoms with Crippen molar-refractivity contribution in [3.63, 3.8) is 0 Å². The molecule has 2 heterocycles. The van der Waals surface area contributed by atoms with Crippen LogP contribution >= 0.6 is 11.3 Å². The van der Waals surface area contributed by atoms with Gasteiger partial charge in [0.05, 0.1) is 7.11 Å². The molecule has 0 spiro atoms. The van der Waals surface area contributed by atoms with Crippen LogP contribution in [0.2, 0.25) is 0 Å². The van der Waals surface area contributed by atoms with Crippen molar-refractivity contribution < 1.29 is 17.9 Å². The van der Waals surface area contributed by atoms with E-state index < -0.39 is 16.1 Å². The Kier molecular flexibility index (Phi) is 6.90. The van der Waals surface area contributed by atoms with Crippen molar-refractivity contribution in [2.24, 2.45) is 0 Å². The second-order valence-electron chi connectivity index (χ2n) is 7.41. The van der Waals surface area contributed by atoms with Crippen LogP contribution in [0.3, 0.4) is 0 Å². The van der Waals surface area contributed by atoms with E-state index in [0.29, 0.717) is 41.8 Å². The number of hydrogen-bond acceptors (Lipinski definition) is 6. The number of ether oxygens (including phenoxy) is 1. The van der Waals surface area contributed by atoms with Crippen LogP contribution in [0.5, 0.6) is 5.75 Å². The Morgan fingerprint density at radius 1 is 1.00 bits per heavy atom. The first-order chi connectivity index (χ1) is 15.5. The molecule has 7 nitrogen and oxygen atoms in total. The zero-order chi connectivity index (χ0) is 22.6. The van der Waals surface area contributed by atoms with Crippen molar-refractivity contribution in [3.05, 3.63) is 77.7 Å². The summed E-state index contributed by atoms with van der Waals surface area (Å²) in [6.45, 7) is 1.57. The molecular formula is C23H25N3O4S2. The fourth-order valence-corrected chi connectivity index (χ4v) is 6.38. The number of piperazine rings is 1. The lowest BCUT2D eigenvalue weighted by Gasteiger charge is -2.38. The highest BCUT2D eigenvalue weighted by Gasteiger charge is 2.34. The van der Waals surface area contributed by atoms with Crippen molar-refractivity contribution >= 4 is 33.0 Å². The highest BCUT2D eigenvalue weighted by molar-refractivity contribution is 7.91. The molecule has 4 rings (SSSR count). The lowest BCUT2D eigenvalue weighted by atomic mass is 10.0. The van der Waals surface area contributed by atoms with E-state index in [2.05, 4.69) is 5.32 Å². The molecule has 0 aliphatic carbocycles. The summed E-state index contributed by atoms with van der Waals surface area (Å²) in [7, 11) is -1.92. The van der Waals surface area contributed by atoms with E-state index in [1.165, 1.54) is 15.6 Å². The number of nitrogens with one attached hydrogen (secondary N) is 1. The lowest BCUT2D eigenvalue weighted by molar-refractivity contribution is -0.122. The van der Waals surface area contributed by atoms with Crippen molar-refractivity contribution in [2.75, 3.05) is 38.6 Å². The normalized spacial score (nSPS) is 16.4. The van der Waals surface area contributed by atoms with E-state index in [-0.39, 0.29) is 5.91 Å². The Morgan fingerprint density at radius 2 is 1.75 bits per heavy atom. The van der Waals surface area contributed by atoms with E-state index in [9.17, 15) is 13.2 Å². The fourth-order valence-electron chi connectivity index (χ4n) is 3.81. The topological polar surface area (TPSA) is 79.0 Å². The third-order valence-electron chi connectivity index (χ3n) is 5.43. The van der Waals surface area contributed by atoms with E-state index in [1.54, 1.807) is 30.7 Å². The number of thiophene rings is 1. The fraction of sp³-hybridized carbons (Fsp3) is 0.261. The number of anilines is 1. The zero-order valence-corrected chi connectivity index (χ0v) is 19.3. The predicted octanol–water partition coefficient (Wildman–Crippen LogP) is 3.44. The zero-order valence-electron chi connectivity index (χ0n) is 17.7. The predicted molar refractivity (Wildman–Crippen MR) is 125 cm³/mol. The number of amides is 1. The van der Waals surface area contributed by atoms with Gasteiger partial charge in [0.25, 0.3) is 10.0 Å². The standard InChI is InChI=1S/C23H25N3O4S2/c1-30-20-10-5-9-19(17-20)24-23(27)22(18-7-3-2-4-8-18)25-12-14-26(15-13-25)32(28,29)21-11-6-16-31-21/h2-11,16-17,22H,12-15H2,1H3,(H,24,27)/t22-/m1/s1. The summed E-state index contributed by atoms with van der Waals surface area (Å²) >= 11 is 1.22. The Bertz CT molecular complexity index is 1140. The van der Waals surface area contributed by atoms with Gasteiger partial charge in [-0.25, -0.2) is 8.42 Å². The Hall–Kier alpha value is -2.72. The first kappa shape index (κ1) is 22.5. The summed E-state index contributed by atoms with van der Waals surface area (Å²) < 4.78 is 32.8. The third kappa shape index (κ3) is 4.86. The molecule has 1 atom stereocenters. The maximum Gasteiger partial charge on any atom is 0.252 e. The van der Waals surface area contributed by atoms with Crippen LogP contribution in [0, 0.1) is 0 Å². The van der Waals surface area contributed by atoms with Crippen LogP contribution in [-0.4, -0.2) is 56.8 Å². The molecule has 0 unspecified atom stereocenters. The Balaban J connectivity index is 1.52. The van der Waals surface area contributed by atoms with Crippen molar-refractivity contribution in [3.8, 4) is 5.75 Å². The summed E-state index contributed by atoms with van der Waals surface area (Å²) in [6, 6.07) is 19.6. The van der Waals surface area contributed by atoms with E-state index >= 15 is 0 Å². The first-order valence-electron chi connectivity index (χ1n) is 10.3. The molecule has 0 saturated carbocycles. The van der Waals surface area contributed by atoms with Crippen LogP contribution in [0.4, 0.5) is 5.69 Å². The molecule has 1 saturated heterocycles. The Morgan fingerprint density at radius 3 is 2.41 bits per heavy atom. The monoisotopic (exact) mass is 471 g/mol. The number of carbonyl (C=O) groups is 1. The quantitative estimate of drug-likeness (QED) is 0.571. The lowest BCUT2D eigenvalue weighted by Crippen LogP contribution is -2.51. The molecule has 1 aliphatic heterocycles. The summed E-state index contributed by atoms with van der Waals surface area (Å²) in [5.74, 6) is 0.491. The minimum atomic E-state index is -3.50. The number of hydrogen-bond donors (Lipinski definition) is 1. The van der Waals surface area contributed by atoms with Gasteiger partial charge in [-0.2, -0.15) is 4.31 Å². The van der Waals surface area contributed by atoms with Gasteiger partial charge in [0.2, 0.25) is 5.91 Å². The average molecular weight is 472 g/mol. The van der Waals surface area contributed by atoms with Gasteiger partial charge in [-0.15, -0.1) is 11.3 Å². The second kappa shape index (κ2) is 9.83. The molecule has 1 N–H and O–H groups in total. The molecule has 1 amide bonds. The highest BCUT2D eigenvalue weighted by atomic mass is 32.2. The van der Waals surface area contributed by atoms with Crippen LogP contribution in [0.15, 0.2) is 76.3 Å². The molecule has 32 heavy (non-hydrogen) atoms. The highest BCUT2D eigenvalue weighted by Crippen LogP contribution is 2.28. The number of carbonyl (C=O) groups excluding carboxylic acids is 1. The van der Waals surface area contributed by atoms with Gasteiger partial charge in [-0.3, -0.25) is 9.69 Å². The maximum atomic E-state index is 13.4. The van der Waals surface area contributed by atoms with Gasteiger partial charge >= 0.3 is 0 Å². The van der Waals surface area contributed by atoms with Gasteiger partial charge in [-0.1, -0.05) is 42.5 Å². The molecule has 1 aliphatic rings. The molecular weight excluding hydrogens is 446 g/mol. The number of nitrogens with zero attached hydrogens (tertiary/aromatic N) is 2. The summed E-state index contributed by atoms with van der Waals surface area (Å²) in [5, 5.41) is 4.75. The molecule has 168 valence electrons. The van der Waals surface area contributed by atoms with Crippen molar-refractivity contribution in [1.29, 1.82) is 0 Å². The SMILES string of the molecule is COc1cccc(NC(=O)[C@@H](c2ccccc2)N2CCN(S(=O)(=O)c3cccs3)CC2)c1. The molecule has 9 heteroatoms. The average Bonchev–Trinajstić information content (AvgIpc) is 3.36. The van der Waals surface area contributed by atoms with Gasteiger partial charge in [0, 0.05) is 37.9 Å². The number of benzene rings is 2. The smallest absolute Gasteiger partial charge is 0.252 e. The summed E-state index contributed by atoms with van der Waals surface area (Å²) in [6.07, 6.45) is 0. The number of sulfonamides is 1. The molecule has 0 bridgehead atoms. The van der Waals surface area contributed by atoms with Gasteiger partial charge in [-0.05, 0) is 29.1 Å². The summed E-state index contributed by atoms with van der Waals surface area (Å²) in [4.78, 5) is 15.4. The maximum absolute atomic E-state index is 13.4. The number of rotatable bonds is 7. The van der Waals surface area contributed by atoms with Crippen molar-refractivity contribution in [2.45, 2.75) is 10.3 Å². The van der Waals surface area contributed by atoms with Gasteiger partial charge in [0.1, 0.15) is 16.0 Å². The largest absolute Gasteiger partial charge is 0.497 e. The molecule has 0 radical (unpaired) electrons. The summed E-state index contributed by atoms with van der Waals surface area (Å²) in [5.41, 5.74) is 1.51. The minimum Gasteiger partial charge on any atom is -0.497 e. The second-order valence-corrected chi connectivity index (χ2v) is 10.5. The van der Waals surface area contributed by atoms with Crippen LogP contribution in [-0.2, 0) is 14.8 Å². The van der Waals surface area contributed by atoms with Crippen molar-refractivity contribution in [1.82, 2.24) is 9.21 Å². The molecule has 1 aromatic heterocycles. The van der Waals surface area contributed by atoms with Crippen LogP contribution < -0.4 is 10.1 Å². The molecule has 3 aromatic rings. The minimum absolute atomic E-state index is 0.168. The van der Waals surface area contributed by atoms with Gasteiger partial charge < -0.3 is 10.1 Å². The molecule has 1 fully saturated rings. The van der Waals surface area contributed by atoms with Crippen LogP contribution in [0.25, 0.3) is 0 Å². The van der Waals surface area contributed by atoms with E-state index in [4.69, 9.17) is 4.74 Å². The number of methoxy groups -OCH3 is 1. The van der Waals surface area contributed by atoms with E-state index in [1.807, 2.05) is 53.4 Å². The van der Waals surface area contributed by atoms with Gasteiger partial charge in [0.15, 0.2) is 0 Å². The van der Waals surface area contributed by atoms with Crippen LogP contribution in [0.1, 0.15) is 11.6 Å². The van der Waals surface area contributed by atoms with E-state index in [0.717, 1.165) is 5.56 Å². The first-order valence-corrected chi connectivity index (χ1v) is 12.6. The third-order valence-corrected chi connectivity index (χ3v) is 8.70.